The zero-order chi connectivity index (χ0) is 19.7. The van der Waals surface area contributed by atoms with Crippen molar-refractivity contribution < 1.29 is 18.3 Å². The zero-order valence-corrected chi connectivity index (χ0v) is 15.4. The molecule has 2 heterocycles. The second-order valence-corrected chi connectivity index (χ2v) is 6.75. The fraction of sp³-hybridized carbons (Fsp3) is 0.143. The molecule has 7 heteroatoms. The summed E-state index contributed by atoms with van der Waals surface area (Å²) < 4.78 is 33.4. The molecule has 1 aliphatic rings. The van der Waals surface area contributed by atoms with Crippen LogP contribution in [-0.2, 0) is 6.54 Å². The minimum atomic E-state index is -0.538. The molecule has 0 radical (unpaired) electrons. The summed E-state index contributed by atoms with van der Waals surface area (Å²) in [6, 6.07) is 12.3. The van der Waals surface area contributed by atoms with Crippen LogP contribution in [0.4, 0.5) is 8.78 Å². The first-order valence-electron chi connectivity index (χ1n) is 8.64. The summed E-state index contributed by atoms with van der Waals surface area (Å²) in [5, 5.41) is 0.0292. The van der Waals surface area contributed by atoms with Crippen LogP contribution in [0.3, 0.4) is 0 Å². The van der Waals surface area contributed by atoms with E-state index in [0.717, 1.165) is 0 Å². The Kier molecular flexibility index (Phi) is 4.96. The van der Waals surface area contributed by atoms with Crippen LogP contribution in [0.2, 0.25) is 5.02 Å². The molecule has 0 atom stereocenters. The van der Waals surface area contributed by atoms with Crippen LogP contribution in [0, 0.1) is 11.6 Å². The Labute approximate surface area is 165 Å². The van der Waals surface area contributed by atoms with E-state index < -0.39 is 11.6 Å². The Morgan fingerprint density at radius 3 is 2.64 bits per heavy atom. The van der Waals surface area contributed by atoms with Gasteiger partial charge in [-0.1, -0.05) is 23.7 Å². The number of fused-ring (bicyclic) bond motifs is 1. The molecule has 1 aromatic heterocycles. The monoisotopic (exact) mass is 400 g/mol. The number of rotatable bonds is 3. The van der Waals surface area contributed by atoms with E-state index in [0.29, 0.717) is 29.0 Å². The number of pyridine rings is 1. The summed E-state index contributed by atoms with van der Waals surface area (Å²) in [4.78, 5) is 18.6. The van der Waals surface area contributed by atoms with E-state index in [4.69, 9.17) is 16.3 Å². The van der Waals surface area contributed by atoms with Crippen molar-refractivity contribution in [2.45, 2.75) is 6.54 Å². The number of ether oxygens (including phenoxy) is 1. The van der Waals surface area contributed by atoms with Crippen LogP contribution in [0.5, 0.6) is 5.75 Å². The van der Waals surface area contributed by atoms with Gasteiger partial charge in [-0.15, -0.1) is 0 Å². The number of halogens is 3. The first kappa shape index (κ1) is 18.4. The topological polar surface area (TPSA) is 42.4 Å². The van der Waals surface area contributed by atoms with Gasteiger partial charge in [0, 0.05) is 6.20 Å². The average molecular weight is 401 g/mol. The number of aromatic nitrogens is 1. The van der Waals surface area contributed by atoms with Gasteiger partial charge in [-0.3, -0.25) is 9.78 Å². The third kappa shape index (κ3) is 3.55. The molecule has 0 bridgehead atoms. The highest BCUT2D eigenvalue weighted by Gasteiger charge is 2.25. The first-order chi connectivity index (χ1) is 13.5. The second-order valence-electron chi connectivity index (χ2n) is 6.35. The van der Waals surface area contributed by atoms with E-state index in [9.17, 15) is 13.6 Å². The third-order valence-corrected chi connectivity index (χ3v) is 4.85. The zero-order valence-electron chi connectivity index (χ0n) is 14.7. The molecular formula is C21H15ClF2N2O2. The molecule has 0 fully saturated rings. The first-order valence-corrected chi connectivity index (χ1v) is 9.01. The number of carbonyl (C=O) groups is 1. The standard InChI is InChI=1S/C21H15ClF2N2O2/c22-16-5-3-14(11-18(16)24)13-4-6-20-15(10-13)21(27)26(8-9-28-20)12-19-17(23)2-1-7-25-19/h1-7,10-11H,8-9,12H2. The van der Waals surface area contributed by atoms with E-state index in [-0.39, 0.29) is 29.8 Å². The van der Waals surface area contributed by atoms with E-state index in [1.54, 1.807) is 24.3 Å². The molecule has 2 aromatic carbocycles. The molecule has 3 aromatic rings. The molecule has 0 spiro atoms. The second kappa shape index (κ2) is 7.56. The minimum Gasteiger partial charge on any atom is -0.491 e. The Balaban J connectivity index is 1.68. The minimum absolute atomic E-state index is 0.0292. The summed E-state index contributed by atoms with van der Waals surface area (Å²) in [6.07, 6.45) is 1.48. The maximum Gasteiger partial charge on any atom is 0.258 e. The van der Waals surface area contributed by atoms with Crippen LogP contribution in [-0.4, -0.2) is 28.9 Å². The van der Waals surface area contributed by atoms with Gasteiger partial charge in [0.1, 0.15) is 24.0 Å². The van der Waals surface area contributed by atoms with Crippen LogP contribution in [0.25, 0.3) is 11.1 Å². The van der Waals surface area contributed by atoms with Gasteiger partial charge in [0.15, 0.2) is 0 Å². The van der Waals surface area contributed by atoms with Crippen molar-refractivity contribution in [3.8, 4) is 16.9 Å². The largest absolute Gasteiger partial charge is 0.491 e. The van der Waals surface area contributed by atoms with E-state index >= 15 is 0 Å². The lowest BCUT2D eigenvalue weighted by atomic mass is 10.0. The van der Waals surface area contributed by atoms with Crippen LogP contribution >= 0.6 is 11.6 Å². The number of benzene rings is 2. The molecule has 4 rings (SSSR count). The maximum absolute atomic E-state index is 13.9. The highest BCUT2D eigenvalue weighted by Crippen LogP contribution is 2.31. The SMILES string of the molecule is O=C1c2cc(-c3ccc(Cl)c(F)c3)ccc2OCCN1Cc1ncccc1F. The number of hydrogen-bond donors (Lipinski definition) is 0. The van der Waals surface area contributed by atoms with Gasteiger partial charge < -0.3 is 9.64 Å². The van der Waals surface area contributed by atoms with Gasteiger partial charge in [-0.25, -0.2) is 8.78 Å². The fourth-order valence-electron chi connectivity index (χ4n) is 3.08. The van der Waals surface area contributed by atoms with Gasteiger partial charge in [-0.05, 0) is 47.5 Å². The van der Waals surface area contributed by atoms with Crippen molar-refractivity contribution in [2.24, 2.45) is 0 Å². The number of hydrogen-bond acceptors (Lipinski definition) is 3. The molecule has 4 nitrogen and oxygen atoms in total. The highest BCUT2D eigenvalue weighted by molar-refractivity contribution is 6.30. The normalized spacial score (nSPS) is 13.7. The summed E-state index contributed by atoms with van der Waals surface area (Å²) in [7, 11) is 0. The highest BCUT2D eigenvalue weighted by atomic mass is 35.5. The fourth-order valence-corrected chi connectivity index (χ4v) is 3.20. The summed E-state index contributed by atoms with van der Waals surface area (Å²) in [5.41, 5.74) is 1.76. The van der Waals surface area contributed by atoms with Crippen LogP contribution in [0.15, 0.2) is 54.7 Å². The quantitative estimate of drug-likeness (QED) is 0.639. The molecule has 0 unspecified atom stereocenters. The maximum atomic E-state index is 13.9. The van der Waals surface area contributed by atoms with Crippen molar-refractivity contribution in [3.05, 3.63) is 82.6 Å². The lowest BCUT2D eigenvalue weighted by molar-refractivity contribution is 0.0739. The molecular weight excluding hydrogens is 386 g/mol. The van der Waals surface area contributed by atoms with E-state index in [1.165, 1.54) is 35.4 Å². The third-order valence-electron chi connectivity index (χ3n) is 4.54. The summed E-state index contributed by atoms with van der Waals surface area (Å²) >= 11 is 5.74. The van der Waals surface area contributed by atoms with E-state index in [1.807, 2.05) is 0 Å². The molecule has 28 heavy (non-hydrogen) atoms. The van der Waals surface area contributed by atoms with Crippen molar-refractivity contribution in [1.82, 2.24) is 9.88 Å². The molecule has 0 saturated heterocycles. The summed E-state index contributed by atoms with van der Waals surface area (Å²) in [6.45, 7) is 0.616. The van der Waals surface area contributed by atoms with Crippen LogP contribution in [0.1, 0.15) is 16.1 Å². The van der Waals surface area contributed by atoms with Crippen molar-refractivity contribution in [2.75, 3.05) is 13.2 Å². The van der Waals surface area contributed by atoms with Gasteiger partial charge in [0.2, 0.25) is 0 Å². The Bertz CT molecular complexity index is 1060. The average Bonchev–Trinajstić information content (AvgIpc) is 2.85. The predicted molar refractivity (Wildman–Crippen MR) is 101 cm³/mol. The predicted octanol–water partition coefficient (Wildman–Crippen LogP) is 4.72. The molecule has 0 N–H and O–H groups in total. The van der Waals surface area contributed by atoms with Gasteiger partial charge in [0.25, 0.3) is 5.91 Å². The van der Waals surface area contributed by atoms with Gasteiger partial charge in [0.05, 0.1) is 29.4 Å². The van der Waals surface area contributed by atoms with Crippen molar-refractivity contribution in [3.63, 3.8) is 0 Å². The van der Waals surface area contributed by atoms with Crippen molar-refractivity contribution >= 4 is 17.5 Å². The number of nitrogens with zero attached hydrogens (tertiary/aromatic N) is 2. The molecule has 0 aliphatic carbocycles. The lowest BCUT2D eigenvalue weighted by Crippen LogP contribution is -2.32. The number of amides is 1. The van der Waals surface area contributed by atoms with Gasteiger partial charge >= 0.3 is 0 Å². The van der Waals surface area contributed by atoms with E-state index in [2.05, 4.69) is 4.98 Å². The number of carbonyl (C=O) groups excluding carboxylic acids is 1. The van der Waals surface area contributed by atoms with Crippen molar-refractivity contribution in [1.29, 1.82) is 0 Å². The molecule has 1 aliphatic heterocycles. The summed E-state index contributed by atoms with van der Waals surface area (Å²) in [5.74, 6) is -0.865. The smallest absolute Gasteiger partial charge is 0.258 e. The van der Waals surface area contributed by atoms with Crippen LogP contribution < -0.4 is 4.74 Å². The Morgan fingerprint density at radius 2 is 1.86 bits per heavy atom. The van der Waals surface area contributed by atoms with Gasteiger partial charge in [-0.2, -0.15) is 0 Å². The molecule has 142 valence electrons. The Morgan fingerprint density at radius 1 is 1.07 bits per heavy atom. The Hall–Kier alpha value is -2.99. The molecule has 0 saturated carbocycles. The molecule has 1 amide bonds. The lowest BCUT2D eigenvalue weighted by Gasteiger charge is -2.19.